The predicted molar refractivity (Wildman–Crippen MR) is 110 cm³/mol. The van der Waals surface area contributed by atoms with Crippen LogP contribution in [-0.4, -0.2) is 30.8 Å². The zero-order valence-corrected chi connectivity index (χ0v) is 16.2. The van der Waals surface area contributed by atoms with Crippen LogP contribution in [0.15, 0.2) is 65.1 Å². The lowest BCUT2D eigenvalue weighted by Crippen LogP contribution is -2.16. The summed E-state index contributed by atoms with van der Waals surface area (Å²) in [6, 6.07) is 17.8. The summed E-state index contributed by atoms with van der Waals surface area (Å²) in [6.07, 6.45) is 0. The molecule has 2 aromatic carbocycles. The average Bonchev–Trinajstić information content (AvgIpc) is 3.12. The van der Waals surface area contributed by atoms with Crippen molar-refractivity contribution in [3.63, 3.8) is 0 Å². The molecule has 0 aliphatic carbocycles. The Morgan fingerprint density at radius 2 is 1.61 bits per heavy atom. The molecular weight excluding hydrogens is 354 g/mol. The van der Waals surface area contributed by atoms with Gasteiger partial charge in [-0.2, -0.15) is 0 Å². The monoisotopic (exact) mass is 377 g/mol. The summed E-state index contributed by atoms with van der Waals surface area (Å²) in [5.74, 6) is 0.313. The molecule has 0 saturated carbocycles. The van der Waals surface area contributed by atoms with Gasteiger partial charge in [0.05, 0.1) is 17.9 Å². The topological polar surface area (TPSA) is 74.6 Å². The first kappa shape index (κ1) is 19.4. The molecule has 6 nitrogen and oxygen atoms in total. The van der Waals surface area contributed by atoms with Crippen molar-refractivity contribution >= 4 is 23.2 Å². The molecule has 6 heteroatoms. The van der Waals surface area contributed by atoms with Crippen molar-refractivity contribution < 1.29 is 14.0 Å². The lowest BCUT2D eigenvalue weighted by Gasteiger charge is -2.13. The van der Waals surface area contributed by atoms with Gasteiger partial charge in [-0.05, 0) is 63.0 Å². The number of nitrogens with zero attached hydrogens (tertiary/aromatic N) is 1. The van der Waals surface area contributed by atoms with Crippen molar-refractivity contribution in [1.29, 1.82) is 0 Å². The molecule has 2 N–H and O–H groups in total. The third-order valence-corrected chi connectivity index (χ3v) is 4.06. The molecule has 2 amide bonds. The molecule has 1 heterocycles. The molecule has 0 saturated heterocycles. The van der Waals surface area contributed by atoms with Gasteiger partial charge in [0, 0.05) is 5.56 Å². The molecule has 144 valence electrons. The van der Waals surface area contributed by atoms with Gasteiger partial charge in [-0.15, -0.1) is 0 Å². The van der Waals surface area contributed by atoms with Gasteiger partial charge >= 0.3 is 0 Å². The number of rotatable bonds is 6. The fourth-order valence-electron chi connectivity index (χ4n) is 2.74. The highest BCUT2D eigenvalue weighted by molar-refractivity contribution is 6.09. The van der Waals surface area contributed by atoms with Crippen molar-refractivity contribution in [2.24, 2.45) is 0 Å². The maximum absolute atomic E-state index is 12.6. The van der Waals surface area contributed by atoms with Gasteiger partial charge in [0.2, 0.25) is 0 Å². The van der Waals surface area contributed by atoms with E-state index in [1.54, 1.807) is 42.5 Å². The normalized spacial score (nSPS) is 10.7. The van der Waals surface area contributed by atoms with E-state index in [1.165, 1.54) is 0 Å². The Labute approximate surface area is 164 Å². The largest absolute Gasteiger partial charge is 0.455 e. The highest BCUT2D eigenvalue weighted by Gasteiger charge is 2.15. The molecule has 1 aromatic heterocycles. The molecule has 0 aliphatic rings. The van der Waals surface area contributed by atoms with E-state index in [1.807, 2.05) is 44.1 Å². The Hall–Kier alpha value is -3.38. The maximum Gasteiger partial charge on any atom is 0.291 e. The van der Waals surface area contributed by atoms with Gasteiger partial charge in [-0.3, -0.25) is 9.59 Å². The van der Waals surface area contributed by atoms with E-state index in [0.717, 1.165) is 5.56 Å². The summed E-state index contributed by atoms with van der Waals surface area (Å²) < 4.78 is 5.61. The van der Waals surface area contributed by atoms with Crippen LogP contribution >= 0.6 is 0 Å². The Kier molecular flexibility index (Phi) is 5.91. The third kappa shape index (κ3) is 4.86. The highest BCUT2D eigenvalue weighted by Crippen LogP contribution is 2.25. The third-order valence-electron chi connectivity index (χ3n) is 4.06. The second-order valence-corrected chi connectivity index (χ2v) is 6.83. The van der Waals surface area contributed by atoms with E-state index < -0.39 is 0 Å². The summed E-state index contributed by atoms with van der Waals surface area (Å²) >= 11 is 0. The first-order valence-electron chi connectivity index (χ1n) is 8.94. The van der Waals surface area contributed by atoms with Crippen molar-refractivity contribution in [3.05, 3.63) is 83.3 Å². The lowest BCUT2D eigenvalue weighted by atomic mass is 10.1. The molecule has 0 radical (unpaired) electrons. The minimum Gasteiger partial charge on any atom is -0.455 e. The zero-order chi connectivity index (χ0) is 20.1. The van der Waals surface area contributed by atoms with Crippen LogP contribution in [-0.2, 0) is 6.54 Å². The van der Waals surface area contributed by atoms with E-state index in [4.69, 9.17) is 4.42 Å². The SMILES string of the molecule is Cc1ccc(NC(=O)c2ccccc2)c(NC(=O)c2ccc(CN(C)C)o2)c1. The number of aryl methyl sites for hydroxylation is 1. The number of nitrogens with one attached hydrogen (secondary N) is 2. The van der Waals surface area contributed by atoms with E-state index in [2.05, 4.69) is 10.6 Å². The molecule has 0 bridgehead atoms. The number of benzene rings is 2. The van der Waals surface area contributed by atoms with Gasteiger partial charge in [-0.1, -0.05) is 24.3 Å². The molecule has 28 heavy (non-hydrogen) atoms. The standard InChI is InChI=1S/C22H23N3O3/c1-15-9-11-18(23-21(26)16-7-5-4-6-8-16)19(13-15)24-22(27)20-12-10-17(28-20)14-25(2)3/h4-13H,14H2,1-3H3,(H,23,26)(H,24,27). The van der Waals surface area contributed by atoms with E-state index in [9.17, 15) is 9.59 Å². The quantitative estimate of drug-likeness (QED) is 0.677. The molecule has 0 fully saturated rings. The van der Waals surface area contributed by atoms with Gasteiger partial charge < -0.3 is 20.0 Å². The number of carbonyl (C=O) groups is 2. The second kappa shape index (κ2) is 8.54. The fourth-order valence-corrected chi connectivity index (χ4v) is 2.74. The van der Waals surface area contributed by atoms with E-state index in [-0.39, 0.29) is 17.6 Å². The minimum absolute atomic E-state index is 0.221. The molecule has 0 unspecified atom stereocenters. The Morgan fingerprint density at radius 3 is 2.32 bits per heavy atom. The van der Waals surface area contributed by atoms with Crippen LogP contribution in [0, 0.1) is 6.92 Å². The van der Waals surface area contributed by atoms with Crippen LogP contribution in [0.2, 0.25) is 0 Å². The molecule has 0 atom stereocenters. The number of carbonyl (C=O) groups excluding carboxylic acids is 2. The van der Waals surface area contributed by atoms with Gasteiger partial charge in [0.25, 0.3) is 11.8 Å². The summed E-state index contributed by atoms with van der Waals surface area (Å²) in [5, 5.41) is 5.68. The van der Waals surface area contributed by atoms with Gasteiger partial charge in [0.15, 0.2) is 5.76 Å². The van der Waals surface area contributed by atoms with Crippen molar-refractivity contribution in [1.82, 2.24) is 4.90 Å². The Bertz CT molecular complexity index is 978. The van der Waals surface area contributed by atoms with Crippen LogP contribution < -0.4 is 10.6 Å². The summed E-state index contributed by atoms with van der Waals surface area (Å²) in [5.41, 5.74) is 2.54. The molecular formula is C22H23N3O3. The average molecular weight is 377 g/mol. The Morgan fingerprint density at radius 1 is 0.893 bits per heavy atom. The Balaban J connectivity index is 1.78. The predicted octanol–water partition coefficient (Wildman–Crippen LogP) is 4.15. The number of hydrogen-bond donors (Lipinski definition) is 2. The number of hydrogen-bond acceptors (Lipinski definition) is 4. The maximum atomic E-state index is 12.6. The van der Waals surface area contributed by atoms with Crippen LogP contribution in [0.5, 0.6) is 0 Å². The van der Waals surface area contributed by atoms with Gasteiger partial charge in [-0.25, -0.2) is 0 Å². The lowest BCUT2D eigenvalue weighted by molar-refractivity contribution is 0.0990. The smallest absolute Gasteiger partial charge is 0.291 e. The second-order valence-electron chi connectivity index (χ2n) is 6.83. The first-order chi connectivity index (χ1) is 13.4. The van der Waals surface area contributed by atoms with Crippen LogP contribution in [0.1, 0.15) is 32.2 Å². The molecule has 3 rings (SSSR count). The van der Waals surface area contributed by atoms with E-state index in [0.29, 0.717) is 29.2 Å². The van der Waals surface area contributed by atoms with Gasteiger partial charge in [0.1, 0.15) is 5.76 Å². The van der Waals surface area contributed by atoms with E-state index >= 15 is 0 Å². The van der Waals surface area contributed by atoms with Crippen LogP contribution in [0.3, 0.4) is 0 Å². The summed E-state index contributed by atoms with van der Waals surface area (Å²) in [7, 11) is 3.85. The zero-order valence-electron chi connectivity index (χ0n) is 16.2. The van der Waals surface area contributed by atoms with Crippen LogP contribution in [0.4, 0.5) is 11.4 Å². The summed E-state index contributed by atoms with van der Waals surface area (Å²) in [6.45, 7) is 2.52. The highest BCUT2D eigenvalue weighted by atomic mass is 16.4. The van der Waals surface area contributed by atoms with Crippen molar-refractivity contribution in [2.45, 2.75) is 13.5 Å². The minimum atomic E-state index is -0.370. The van der Waals surface area contributed by atoms with Crippen LogP contribution in [0.25, 0.3) is 0 Å². The number of amides is 2. The molecule has 0 aliphatic heterocycles. The molecule has 3 aromatic rings. The number of furan rings is 1. The fraction of sp³-hybridized carbons (Fsp3) is 0.182. The first-order valence-corrected chi connectivity index (χ1v) is 8.94. The molecule has 0 spiro atoms. The van der Waals surface area contributed by atoms with Crippen molar-refractivity contribution in [3.8, 4) is 0 Å². The summed E-state index contributed by atoms with van der Waals surface area (Å²) in [4.78, 5) is 27.0. The van der Waals surface area contributed by atoms with Crippen molar-refractivity contribution in [2.75, 3.05) is 24.7 Å². The number of anilines is 2.